The lowest BCUT2D eigenvalue weighted by Crippen LogP contribution is -2.31. The smallest absolute Gasteiger partial charge is 0.330 e. The van der Waals surface area contributed by atoms with Gasteiger partial charge in [0.05, 0.1) is 7.11 Å². The number of rotatable bonds is 5. The summed E-state index contributed by atoms with van der Waals surface area (Å²) < 4.78 is 32.5. The molecule has 0 aromatic rings. The number of carbonyl (C=O) groups excluding carboxylic acids is 1. The van der Waals surface area contributed by atoms with Crippen molar-refractivity contribution in [2.24, 2.45) is 5.41 Å². The zero-order valence-electron chi connectivity index (χ0n) is 16.0. The number of ether oxygens (including phenoxy) is 1. The molecule has 1 aliphatic rings. The van der Waals surface area contributed by atoms with Crippen molar-refractivity contribution in [3.8, 4) is 0 Å². The number of carbonyl (C=O) groups is 1. The van der Waals surface area contributed by atoms with Gasteiger partial charge < -0.3 is 4.74 Å². The van der Waals surface area contributed by atoms with Gasteiger partial charge in [0.15, 0.2) is 0 Å². The van der Waals surface area contributed by atoms with E-state index in [0.717, 1.165) is 11.1 Å². The molecule has 138 valence electrons. The topological polar surface area (TPSA) is 26.3 Å². The molecule has 1 rings (SSSR count). The van der Waals surface area contributed by atoms with Gasteiger partial charge in [-0.15, -0.1) is 0 Å². The molecule has 1 aliphatic carbocycles. The average molecular weight is 350 g/mol. The normalized spacial score (nSPS) is 21.3. The highest BCUT2D eigenvalue weighted by Gasteiger charge is 2.42. The summed E-state index contributed by atoms with van der Waals surface area (Å²) in [5, 5.41) is 0. The van der Waals surface area contributed by atoms with Crippen molar-refractivity contribution in [3.63, 3.8) is 0 Å². The van der Waals surface area contributed by atoms with Crippen LogP contribution in [0, 0.1) is 5.41 Å². The van der Waals surface area contributed by atoms with E-state index in [4.69, 9.17) is 0 Å². The second-order valence-electron chi connectivity index (χ2n) is 7.14. The molecule has 0 saturated carbocycles. The summed E-state index contributed by atoms with van der Waals surface area (Å²) in [6, 6.07) is 0. The minimum atomic E-state index is -2.72. The maximum Gasteiger partial charge on any atom is 0.330 e. The number of esters is 1. The summed E-state index contributed by atoms with van der Waals surface area (Å²) in [6.45, 7) is 9.24. The van der Waals surface area contributed by atoms with E-state index in [0.29, 0.717) is 12.0 Å². The van der Waals surface area contributed by atoms with E-state index >= 15 is 0 Å². The zero-order valence-corrected chi connectivity index (χ0v) is 16.0. The van der Waals surface area contributed by atoms with Crippen LogP contribution in [0.5, 0.6) is 0 Å². The van der Waals surface area contributed by atoms with Crippen LogP contribution < -0.4 is 0 Å². The number of halogens is 2. The van der Waals surface area contributed by atoms with Crippen LogP contribution in [0.1, 0.15) is 47.5 Å². The minimum absolute atomic E-state index is 0.0907. The van der Waals surface area contributed by atoms with Crippen LogP contribution in [0.3, 0.4) is 0 Å². The Hall–Kier alpha value is -1.97. The molecule has 4 heteroatoms. The van der Waals surface area contributed by atoms with E-state index in [9.17, 15) is 13.6 Å². The number of allylic oxidation sites excluding steroid dienone is 9. The third-order valence-corrected chi connectivity index (χ3v) is 4.52. The maximum atomic E-state index is 14.0. The second kappa shape index (κ2) is 8.41. The Bertz CT molecular complexity index is 659. The SMILES string of the molecule is COC(=O)/C=C(C)/C=C/C=C(C)/C=C/C1=C(C)C(F)(F)CCC1(C)C. The van der Waals surface area contributed by atoms with Gasteiger partial charge in [0, 0.05) is 12.5 Å². The fourth-order valence-corrected chi connectivity index (χ4v) is 2.76. The molecule has 0 spiro atoms. The molecule has 0 saturated heterocycles. The summed E-state index contributed by atoms with van der Waals surface area (Å²) >= 11 is 0. The molecule has 0 bridgehead atoms. The predicted molar refractivity (Wildman–Crippen MR) is 98.5 cm³/mol. The van der Waals surface area contributed by atoms with Gasteiger partial charge in [-0.3, -0.25) is 0 Å². The number of hydrogen-bond acceptors (Lipinski definition) is 2. The van der Waals surface area contributed by atoms with E-state index in [1.54, 1.807) is 19.1 Å². The van der Waals surface area contributed by atoms with Crippen molar-refractivity contribution in [1.29, 1.82) is 0 Å². The Labute approximate surface area is 149 Å². The standard InChI is InChI=1S/C21H28F2O2/c1-15(8-7-9-16(2)14-19(24)25-6)10-11-18-17(3)21(22,23)13-12-20(18,4)5/h7-11,14H,12-13H2,1-6H3/b9-7+,11-10+,15-8+,16-14+. The van der Waals surface area contributed by atoms with Gasteiger partial charge in [-0.1, -0.05) is 49.8 Å². The van der Waals surface area contributed by atoms with E-state index in [-0.39, 0.29) is 17.4 Å². The van der Waals surface area contributed by atoms with E-state index in [1.165, 1.54) is 20.1 Å². The Morgan fingerprint density at radius 2 is 1.76 bits per heavy atom. The highest BCUT2D eigenvalue weighted by atomic mass is 19.3. The van der Waals surface area contributed by atoms with Crippen LogP contribution in [0.15, 0.2) is 58.7 Å². The minimum Gasteiger partial charge on any atom is -0.466 e. The summed E-state index contributed by atoms with van der Waals surface area (Å²) in [5.41, 5.74) is 2.33. The first-order valence-electron chi connectivity index (χ1n) is 8.38. The summed E-state index contributed by atoms with van der Waals surface area (Å²) in [5.74, 6) is -3.12. The lowest BCUT2D eigenvalue weighted by Gasteiger charge is -2.37. The molecule has 0 aromatic carbocycles. The quantitative estimate of drug-likeness (QED) is 0.349. The number of alkyl halides is 2. The second-order valence-corrected chi connectivity index (χ2v) is 7.14. The Morgan fingerprint density at radius 1 is 1.12 bits per heavy atom. The largest absolute Gasteiger partial charge is 0.466 e. The first kappa shape index (κ1) is 21.1. The van der Waals surface area contributed by atoms with Crippen LogP contribution >= 0.6 is 0 Å². The first-order valence-corrected chi connectivity index (χ1v) is 8.38. The molecule has 0 radical (unpaired) electrons. The lowest BCUT2D eigenvalue weighted by atomic mass is 9.71. The summed E-state index contributed by atoms with van der Waals surface area (Å²) in [6.07, 6.45) is 10.9. The van der Waals surface area contributed by atoms with Gasteiger partial charge in [-0.05, 0) is 49.3 Å². The van der Waals surface area contributed by atoms with Gasteiger partial charge in [0.25, 0.3) is 5.92 Å². The van der Waals surface area contributed by atoms with Crippen molar-refractivity contribution < 1.29 is 18.3 Å². The van der Waals surface area contributed by atoms with Gasteiger partial charge in [0.2, 0.25) is 0 Å². The zero-order chi connectivity index (χ0) is 19.3. The Balaban J connectivity index is 2.93. The third kappa shape index (κ3) is 6.11. The van der Waals surface area contributed by atoms with Crippen molar-refractivity contribution in [2.45, 2.75) is 53.4 Å². The summed E-state index contributed by atoms with van der Waals surface area (Å²) in [7, 11) is 1.33. The predicted octanol–water partition coefficient (Wildman–Crippen LogP) is 5.94. The van der Waals surface area contributed by atoms with Gasteiger partial charge >= 0.3 is 5.97 Å². The van der Waals surface area contributed by atoms with Crippen molar-refractivity contribution in [3.05, 3.63) is 58.7 Å². The molecular weight excluding hydrogens is 322 g/mol. The van der Waals surface area contributed by atoms with Gasteiger partial charge in [-0.25, -0.2) is 13.6 Å². The molecule has 0 fully saturated rings. The first-order chi connectivity index (χ1) is 11.5. The fourth-order valence-electron chi connectivity index (χ4n) is 2.76. The highest BCUT2D eigenvalue weighted by Crippen LogP contribution is 2.47. The van der Waals surface area contributed by atoms with Crippen molar-refractivity contribution in [1.82, 2.24) is 0 Å². The molecule has 0 aliphatic heterocycles. The highest BCUT2D eigenvalue weighted by molar-refractivity contribution is 5.83. The molecule has 25 heavy (non-hydrogen) atoms. The van der Waals surface area contributed by atoms with Gasteiger partial charge in [0.1, 0.15) is 0 Å². The molecule has 0 N–H and O–H groups in total. The van der Waals surface area contributed by atoms with E-state index in [2.05, 4.69) is 4.74 Å². The van der Waals surface area contributed by atoms with E-state index < -0.39 is 11.9 Å². The Morgan fingerprint density at radius 3 is 2.36 bits per heavy atom. The molecule has 0 unspecified atom stereocenters. The van der Waals surface area contributed by atoms with Crippen molar-refractivity contribution >= 4 is 5.97 Å². The maximum absolute atomic E-state index is 14.0. The monoisotopic (exact) mass is 350 g/mol. The Kier molecular flexibility index (Phi) is 7.09. The molecule has 2 nitrogen and oxygen atoms in total. The number of hydrogen-bond donors (Lipinski definition) is 0. The molecule has 0 heterocycles. The van der Waals surface area contributed by atoms with Crippen LogP contribution in [-0.4, -0.2) is 19.0 Å². The van der Waals surface area contributed by atoms with E-state index in [1.807, 2.05) is 39.0 Å². The number of methoxy groups -OCH3 is 1. The van der Waals surface area contributed by atoms with Crippen LogP contribution in [0.2, 0.25) is 0 Å². The van der Waals surface area contributed by atoms with Gasteiger partial charge in [-0.2, -0.15) is 0 Å². The van der Waals surface area contributed by atoms with Crippen LogP contribution in [0.4, 0.5) is 8.78 Å². The van der Waals surface area contributed by atoms with Crippen LogP contribution in [0.25, 0.3) is 0 Å². The molecule has 0 atom stereocenters. The van der Waals surface area contributed by atoms with Crippen molar-refractivity contribution in [2.75, 3.05) is 7.11 Å². The van der Waals surface area contributed by atoms with Crippen LogP contribution in [-0.2, 0) is 9.53 Å². The molecular formula is C21H28F2O2. The average Bonchev–Trinajstić information content (AvgIpc) is 2.51. The lowest BCUT2D eigenvalue weighted by molar-refractivity contribution is -0.134. The fraction of sp³-hybridized carbons (Fsp3) is 0.476. The molecule has 0 amide bonds. The molecule has 0 aromatic heterocycles. The summed E-state index contributed by atoms with van der Waals surface area (Å²) in [4.78, 5) is 11.1. The third-order valence-electron chi connectivity index (χ3n) is 4.52.